The summed E-state index contributed by atoms with van der Waals surface area (Å²) in [5.74, 6) is 1.65. The first-order chi connectivity index (χ1) is 12.1. The van der Waals surface area contributed by atoms with Gasteiger partial charge in [0.25, 0.3) is 0 Å². The van der Waals surface area contributed by atoms with Gasteiger partial charge in [-0.05, 0) is 61.4 Å². The van der Waals surface area contributed by atoms with Crippen LogP contribution in [0, 0.1) is 5.53 Å². The minimum atomic E-state index is 0.0357. The third-order valence-corrected chi connectivity index (χ3v) is 4.07. The third-order valence-electron chi connectivity index (χ3n) is 4.07. The lowest BCUT2D eigenvalue weighted by Crippen LogP contribution is -2.30. The Morgan fingerprint density at radius 1 is 1.12 bits per heavy atom. The molecule has 2 rings (SSSR count). The summed E-state index contributed by atoms with van der Waals surface area (Å²) < 4.78 is 11.1. The maximum atomic E-state index is 7.29. The molecule has 25 heavy (non-hydrogen) atoms. The quantitative estimate of drug-likeness (QED) is 0.637. The average Bonchev–Trinajstić information content (AvgIpc) is 2.62. The molecule has 0 amide bonds. The van der Waals surface area contributed by atoms with Crippen LogP contribution in [-0.2, 0) is 6.42 Å². The SMILES string of the molecule is CCCc1cc(N(C)CC(C)Oc2ccc(OC)cc2)ccc1N=N. The van der Waals surface area contributed by atoms with Crippen LogP contribution in [0.1, 0.15) is 25.8 Å². The Labute approximate surface area is 150 Å². The molecule has 5 heteroatoms. The van der Waals surface area contributed by atoms with Gasteiger partial charge in [-0.2, -0.15) is 5.11 Å². The fourth-order valence-corrected chi connectivity index (χ4v) is 2.80. The largest absolute Gasteiger partial charge is 0.497 e. The Morgan fingerprint density at radius 3 is 2.40 bits per heavy atom. The van der Waals surface area contributed by atoms with Crippen LogP contribution in [0.4, 0.5) is 11.4 Å². The average molecular weight is 341 g/mol. The van der Waals surface area contributed by atoms with Crippen molar-refractivity contribution in [3.05, 3.63) is 48.0 Å². The smallest absolute Gasteiger partial charge is 0.120 e. The fourth-order valence-electron chi connectivity index (χ4n) is 2.80. The Morgan fingerprint density at radius 2 is 1.80 bits per heavy atom. The summed E-state index contributed by atoms with van der Waals surface area (Å²) in [7, 11) is 3.70. The maximum Gasteiger partial charge on any atom is 0.120 e. The zero-order chi connectivity index (χ0) is 18.2. The van der Waals surface area contributed by atoms with E-state index in [4.69, 9.17) is 15.0 Å². The molecule has 0 aromatic heterocycles. The van der Waals surface area contributed by atoms with E-state index in [-0.39, 0.29) is 6.10 Å². The molecule has 0 aliphatic carbocycles. The van der Waals surface area contributed by atoms with Gasteiger partial charge < -0.3 is 14.4 Å². The van der Waals surface area contributed by atoms with Crippen molar-refractivity contribution in [1.29, 1.82) is 5.53 Å². The van der Waals surface area contributed by atoms with Crippen LogP contribution in [0.5, 0.6) is 11.5 Å². The predicted octanol–water partition coefficient (Wildman–Crippen LogP) is 5.21. The topological polar surface area (TPSA) is 57.9 Å². The van der Waals surface area contributed by atoms with Gasteiger partial charge in [0.15, 0.2) is 0 Å². The highest BCUT2D eigenvalue weighted by Crippen LogP contribution is 2.26. The van der Waals surface area contributed by atoms with Crippen LogP contribution in [0.2, 0.25) is 0 Å². The first-order valence-electron chi connectivity index (χ1n) is 8.59. The van der Waals surface area contributed by atoms with Gasteiger partial charge >= 0.3 is 0 Å². The number of benzene rings is 2. The van der Waals surface area contributed by atoms with E-state index in [1.165, 1.54) is 0 Å². The molecular weight excluding hydrogens is 314 g/mol. The Balaban J connectivity index is 2.01. The molecule has 0 fully saturated rings. The normalized spacial score (nSPS) is 11.7. The molecule has 1 atom stereocenters. The summed E-state index contributed by atoms with van der Waals surface area (Å²) in [5, 5.41) is 3.62. The molecule has 1 N–H and O–H groups in total. The van der Waals surface area contributed by atoms with Crippen LogP contribution in [0.15, 0.2) is 47.6 Å². The van der Waals surface area contributed by atoms with Crippen molar-refractivity contribution in [2.75, 3.05) is 25.6 Å². The number of nitrogens with one attached hydrogen (secondary N) is 1. The van der Waals surface area contributed by atoms with Crippen molar-refractivity contribution in [2.45, 2.75) is 32.8 Å². The molecule has 134 valence electrons. The minimum absolute atomic E-state index is 0.0357. The van der Waals surface area contributed by atoms with Gasteiger partial charge in [-0.1, -0.05) is 13.3 Å². The molecule has 0 heterocycles. The van der Waals surface area contributed by atoms with Gasteiger partial charge in [0.2, 0.25) is 0 Å². The summed E-state index contributed by atoms with van der Waals surface area (Å²) in [4.78, 5) is 2.17. The summed E-state index contributed by atoms with van der Waals surface area (Å²) >= 11 is 0. The summed E-state index contributed by atoms with van der Waals surface area (Å²) in [5.41, 5.74) is 10.3. The zero-order valence-corrected chi connectivity index (χ0v) is 15.5. The third kappa shape index (κ3) is 5.21. The lowest BCUT2D eigenvalue weighted by molar-refractivity contribution is 0.227. The molecule has 5 nitrogen and oxygen atoms in total. The monoisotopic (exact) mass is 341 g/mol. The number of aryl methyl sites for hydroxylation is 1. The minimum Gasteiger partial charge on any atom is -0.497 e. The lowest BCUT2D eigenvalue weighted by Gasteiger charge is -2.25. The van der Waals surface area contributed by atoms with Gasteiger partial charge in [0, 0.05) is 12.7 Å². The number of anilines is 1. The van der Waals surface area contributed by atoms with E-state index < -0.39 is 0 Å². The molecule has 0 saturated carbocycles. The molecule has 0 spiro atoms. The summed E-state index contributed by atoms with van der Waals surface area (Å²) in [6.45, 7) is 4.95. The Kier molecular flexibility index (Phi) is 6.81. The zero-order valence-electron chi connectivity index (χ0n) is 15.5. The number of hydrogen-bond acceptors (Lipinski definition) is 5. The van der Waals surface area contributed by atoms with Crippen molar-refractivity contribution >= 4 is 11.4 Å². The molecular formula is C20H27N3O2. The number of hydrogen-bond donors (Lipinski definition) is 1. The standard InChI is InChI=1S/C20H27N3O2/c1-5-6-16-13-17(7-12-20(16)22-21)23(3)14-15(2)25-19-10-8-18(24-4)9-11-19/h7-13,15,21H,5-6,14H2,1-4H3. The lowest BCUT2D eigenvalue weighted by atomic mass is 10.1. The molecule has 0 bridgehead atoms. The van der Waals surface area contributed by atoms with Crippen LogP contribution in [0.3, 0.4) is 0 Å². The Bertz CT molecular complexity index is 686. The fraction of sp³-hybridized carbons (Fsp3) is 0.400. The van der Waals surface area contributed by atoms with E-state index in [0.29, 0.717) is 0 Å². The van der Waals surface area contributed by atoms with Crippen molar-refractivity contribution in [3.8, 4) is 11.5 Å². The van der Waals surface area contributed by atoms with E-state index in [9.17, 15) is 0 Å². The molecule has 1 unspecified atom stereocenters. The van der Waals surface area contributed by atoms with Crippen LogP contribution >= 0.6 is 0 Å². The van der Waals surface area contributed by atoms with Crippen molar-refractivity contribution < 1.29 is 9.47 Å². The summed E-state index contributed by atoms with van der Waals surface area (Å²) in [6.07, 6.45) is 2.00. The van der Waals surface area contributed by atoms with E-state index >= 15 is 0 Å². The number of methoxy groups -OCH3 is 1. The van der Waals surface area contributed by atoms with Gasteiger partial charge in [-0.15, -0.1) is 0 Å². The second kappa shape index (κ2) is 9.06. The second-order valence-corrected chi connectivity index (χ2v) is 6.16. The van der Waals surface area contributed by atoms with Gasteiger partial charge in [-0.25, -0.2) is 5.53 Å². The van der Waals surface area contributed by atoms with Crippen molar-refractivity contribution in [1.82, 2.24) is 0 Å². The van der Waals surface area contributed by atoms with Gasteiger partial charge in [-0.3, -0.25) is 0 Å². The highest BCUT2D eigenvalue weighted by molar-refractivity contribution is 5.57. The van der Waals surface area contributed by atoms with Crippen LogP contribution in [0.25, 0.3) is 0 Å². The van der Waals surface area contributed by atoms with E-state index in [2.05, 4.69) is 37.0 Å². The first-order valence-corrected chi connectivity index (χ1v) is 8.59. The number of likely N-dealkylation sites (N-methyl/N-ethyl adjacent to an activating group) is 1. The molecule has 0 radical (unpaired) electrons. The highest BCUT2D eigenvalue weighted by atomic mass is 16.5. The predicted molar refractivity (Wildman–Crippen MR) is 102 cm³/mol. The molecule has 2 aromatic rings. The van der Waals surface area contributed by atoms with E-state index in [0.717, 1.165) is 47.8 Å². The van der Waals surface area contributed by atoms with Crippen molar-refractivity contribution in [3.63, 3.8) is 0 Å². The van der Waals surface area contributed by atoms with Crippen LogP contribution < -0.4 is 14.4 Å². The van der Waals surface area contributed by atoms with Crippen LogP contribution in [-0.4, -0.2) is 26.8 Å². The van der Waals surface area contributed by atoms with Crippen molar-refractivity contribution in [2.24, 2.45) is 5.11 Å². The molecule has 0 aliphatic heterocycles. The van der Waals surface area contributed by atoms with Gasteiger partial charge in [0.1, 0.15) is 17.6 Å². The number of ether oxygens (including phenoxy) is 2. The van der Waals surface area contributed by atoms with Gasteiger partial charge in [0.05, 0.1) is 19.3 Å². The summed E-state index contributed by atoms with van der Waals surface area (Å²) in [6, 6.07) is 13.7. The second-order valence-electron chi connectivity index (χ2n) is 6.16. The Hall–Kier alpha value is -2.56. The molecule has 0 aliphatic rings. The number of rotatable bonds is 9. The highest BCUT2D eigenvalue weighted by Gasteiger charge is 2.11. The maximum absolute atomic E-state index is 7.29. The van der Waals surface area contributed by atoms with E-state index in [1.54, 1.807) is 7.11 Å². The first kappa shape index (κ1) is 18.8. The molecule has 2 aromatic carbocycles. The number of nitrogens with zero attached hydrogens (tertiary/aromatic N) is 2. The van der Waals surface area contributed by atoms with E-state index in [1.807, 2.05) is 36.4 Å². The molecule has 0 saturated heterocycles.